The molecule has 2 heterocycles. The summed E-state index contributed by atoms with van der Waals surface area (Å²) in [5.41, 5.74) is 2.69. The van der Waals surface area contributed by atoms with Gasteiger partial charge in [-0.15, -0.1) is 0 Å². The van der Waals surface area contributed by atoms with Crippen molar-refractivity contribution in [1.82, 2.24) is 14.7 Å². The smallest absolute Gasteiger partial charge is 0.347 e. The van der Waals surface area contributed by atoms with Crippen LogP contribution >= 0.6 is 0 Å². The molecule has 0 amide bonds. The minimum Gasteiger partial charge on any atom is -0.493 e. The Morgan fingerprint density at radius 3 is 2.50 bits per heavy atom. The van der Waals surface area contributed by atoms with Gasteiger partial charge in [-0.3, -0.25) is 4.90 Å². The summed E-state index contributed by atoms with van der Waals surface area (Å²) in [6.07, 6.45) is 3.73. The summed E-state index contributed by atoms with van der Waals surface area (Å²) in [5.74, 6) is 0.668. The Morgan fingerprint density at radius 2 is 1.83 bits per heavy atom. The number of benzene rings is 2. The fraction of sp³-hybridized carbons (Fsp3) is 0.286. The number of carbonyl (C=O) groups is 1. The predicted molar refractivity (Wildman–Crippen MR) is 135 cm³/mol. The molecule has 1 N–H and O–H groups in total. The highest BCUT2D eigenvalue weighted by molar-refractivity contribution is 5.77. The molecule has 8 heteroatoms. The van der Waals surface area contributed by atoms with Crippen LogP contribution in [0.1, 0.15) is 36.4 Å². The van der Waals surface area contributed by atoms with Gasteiger partial charge in [-0.2, -0.15) is 5.10 Å². The number of aromatic nitrogens is 2. The Balaban J connectivity index is 1.57. The van der Waals surface area contributed by atoms with Crippen molar-refractivity contribution in [2.24, 2.45) is 0 Å². The van der Waals surface area contributed by atoms with E-state index in [1.54, 1.807) is 19.4 Å². The molecule has 0 fully saturated rings. The first-order chi connectivity index (χ1) is 17.2. The number of rotatable bonds is 11. The lowest BCUT2D eigenvalue weighted by molar-refractivity contribution is -0.152. The maximum atomic E-state index is 11.5. The number of aryl methyl sites for hydroxylation is 1. The second-order valence-electron chi connectivity index (χ2n) is 9.15. The Hall–Kier alpha value is -4.04. The number of para-hydroxylation sites is 1. The van der Waals surface area contributed by atoms with Crippen molar-refractivity contribution in [2.75, 3.05) is 7.11 Å². The minimum atomic E-state index is -1.38. The number of ether oxygens (including phenoxy) is 2. The van der Waals surface area contributed by atoms with Crippen LogP contribution in [0, 0.1) is 6.92 Å². The van der Waals surface area contributed by atoms with E-state index in [-0.39, 0.29) is 0 Å². The highest BCUT2D eigenvalue weighted by Gasteiger charge is 2.30. The van der Waals surface area contributed by atoms with Gasteiger partial charge in [0.25, 0.3) is 0 Å². The van der Waals surface area contributed by atoms with E-state index < -0.39 is 11.6 Å². The lowest BCUT2D eigenvalue weighted by Gasteiger charge is -2.24. The van der Waals surface area contributed by atoms with Crippen molar-refractivity contribution in [3.63, 3.8) is 0 Å². The average molecular weight is 490 g/mol. The number of hydrogen-bond acceptors (Lipinski definition) is 6. The van der Waals surface area contributed by atoms with Crippen molar-refractivity contribution in [2.45, 2.75) is 46.0 Å². The quantitative estimate of drug-likeness (QED) is 0.309. The van der Waals surface area contributed by atoms with E-state index in [9.17, 15) is 9.90 Å². The van der Waals surface area contributed by atoms with E-state index in [0.717, 1.165) is 28.3 Å². The predicted octanol–water partition coefficient (Wildman–Crippen LogP) is 5.23. The highest BCUT2D eigenvalue weighted by atomic mass is 16.5. The monoisotopic (exact) mass is 489 g/mol. The fourth-order valence-electron chi connectivity index (χ4n) is 3.87. The maximum absolute atomic E-state index is 11.5. The number of methoxy groups -OCH3 is 1. The van der Waals surface area contributed by atoms with Crippen LogP contribution in [-0.4, -0.2) is 38.5 Å². The molecule has 188 valence electrons. The van der Waals surface area contributed by atoms with E-state index in [1.807, 2.05) is 66.2 Å². The molecule has 0 saturated heterocycles. The number of carboxylic acids is 1. The zero-order valence-electron chi connectivity index (χ0n) is 21.0. The molecule has 0 spiro atoms. The minimum absolute atomic E-state index is 0.381. The number of furan rings is 1. The van der Waals surface area contributed by atoms with Gasteiger partial charge in [-0.05, 0) is 62.7 Å². The lowest BCUT2D eigenvalue weighted by atomic mass is 10.1. The third-order valence-corrected chi connectivity index (χ3v) is 5.89. The molecule has 0 bridgehead atoms. The van der Waals surface area contributed by atoms with E-state index in [0.29, 0.717) is 31.1 Å². The van der Waals surface area contributed by atoms with Gasteiger partial charge in [0, 0.05) is 24.8 Å². The van der Waals surface area contributed by atoms with Crippen molar-refractivity contribution < 1.29 is 23.8 Å². The van der Waals surface area contributed by atoms with E-state index in [4.69, 9.17) is 19.0 Å². The van der Waals surface area contributed by atoms with Gasteiger partial charge in [0.2, 0.25) is 0 Å². The molecule has 0 saturated carbocycles. The van der Waals surface area contributed by atoms with Gasteiger partial charge in [-0.25, -0.2) is 9.48 Å². The van der Waals surface area contributed by atoms with Crippen LogP contribution < -0.4 is 9.47 Å². The van der Waals surface area contributed by atoms with Crippen LogP contribution in [0.15, 0.2) is 77.5 Å². The molecule has 0 aliphatic heterocycles. The zero-order valence-corrected chi connectivity index (χ0v) is 21.0. The molecule has 0 radical (unpaired) electrons. The molecule has 0 aliphatic rings. The van der Waals surface area contributed by atoms with Gasteiger partial charge in [0.1, 0.15) is 5.76 Å². The van der Waals surface area contributed by atoms with Crippen LogP contribution in [0.4, 0.5) is 0 Å². The number of nitrogens with zero attached hydrogens (tertiary/aromatic N) is 3. The first-order valence-electron chi connectivity index (χ1n) is 11.7. The van der Waals surface area contributed by atoms with E-state index in [1.165, 1.54) is 13.8 Å². The van der Waals surface area contributed by atoms with Crippen molar-refractivity contribution in [1.29, 1.82) is 0 Å². The molecular formula is C28H31N3O5. The Bertz CT molecular complexity index is 1300. The molecular weight excluding hydrogens is 458 g/mol. The molecule has 4 rings (SSSR count). The first-order valence-corrected chi connectivity index (χ1v) is 11.7. The van der Waals surface area contributed by atoms with Gasteiger partial charge in [0.15, 0.2) is 17.1 Å². The normalized spacial score (nSPS) is 11.6. The third-order valence-electron chi connectivity index (χ3n) is 5.89. The number of hydrogen-bond donors (Lipinski definition) is 1. The molecule has 2 aromatic heterocycles. The summed E-state index contributed by atoms with van der Waals surface area (Å²) in [6.45, 7) is 6.90. The molecule has 4 aromatic rings. The van der Waals surface area contributed by atoms with E-state index in [2.05, 4.69) is 11.1 Å². The average Bonchev–Trinajstić information content (AvgIpc) is 3.50. The molecule has 0 atom stereocenters. The van der Waals surface area contributed by atoms with Gasteiger partial charge in [0.05, 0.1) is 31.3 Å². The standard InChI is InChI=1S/C28H31N3O5/c1-20-22(18-31(29-20)23-9-6-5-7-10-23)17-30(19-24-11-8-14-35-24)16-21-12-13-25(26(15-21)34-4)36-28(2,3)27(32)33/h5-15,18H,16-17,19H2,1-4H3,(H,32,33). The molecule has 0 unspecified atom stereocenters. The number of aliphatic carboxylic acids is 1. The maximum Gasteiger partial charge on any atom is 0.347 e. The Labute approximate surface area is 210 Å². The largest absolute Gasteiger partial charge is 0.493 e. The summed E-state index contributed by atoms with van der Waals surface area (Å²) >= 11 is 0. The fourth-order valence-corrected chi connectivity index (χ4v) is 3.87. The van der Waals surface area contributed by atoms with Crippen molar-refractivity contribution in [3.8, 4) is 17.2 Å². The summed E-state index contributed by atoms with van der Waals surface area (Å²) in [7, 11) is 1.54. The van der Waals surface area contributed by atoms with Gasteiger partial charge >= 0.3 is 5.97 Å². The van der Waals surface area contributed by atoms with Crippen LogP contribution in [-0.2, 0) is 24.4 Å². The lowest BCUT2D eigenvalue weighted by Crippen LogP contribution is -2.38. The second kappa shape index (κ2) is 10.7. The molecule has 8 nitrogen and oxygen atoms in total. The molecule has 0 aliphatic carbocycles. The van der Waals surface area contributed by atoms with Crippen LogP contribution in [0.5, 0.6) is 11.5 Å². The summed E-state index contributed by atoms with van der Waals surface area (Å²) in [5, 5.41) is 14.1. The SMILES string of the molecule is COc1cc(CN(Cc2ccco2)Cc2cn(-c3ccccc3)nc2C)ccc1OC(C)(C)C(=O)O. The first kappa shape index (κ1) is 25.1. The van der Waals surface area contributed by atoms with Crippen molar-refractivity contribution in [3.05, 3.63) is 95.7 Å². The van der Waals surface area contributed by atoms with Gasteiger partial charge in [-0.1, -0.05) is 24.3 Å². The van der Waals surface area contributed by atoms with Crippen LogP contribution in [0.2, 0.25) is 0 Å². The summed E-state index contributed by atoms with van der Waals surface area (Å²) in [4.78, 5) is 13.8. The van der Waals surface area contributed by atoms with Crippen molar-refractivity contribution >= 4 is 5.97 Å². The molecule has 2 aromatic carbocycles. The second-order valence-corrected chi connectivity index (χ2v) is 9.15. The van der Waals surface area contributed by atoms with E-state index >= 15 is 0 Å². The summed E-state index contributed by atoms with van der Waals surface area (Å²) < 4.78 is 18.8. The third kappa shape index (κ3) is 5.95. The molecule has 36 heavy (non-hydrogen) atoms. The van der Waals surface area contributed by atoms with Crippen LogP contribution in [0.25, 0.3) is 5.69 Å². The Morgan fingerprint density at radius 1 is 1.06 bits per heavy atom. The van der Waals surface area contributed by atoms with Crippen LogP contribution in [0.3, 0.4) is 0 Å². The van der Waals surface area contributed by atoms with Gasteiger partial charge < -0.3 is 19.0 Å². The summed E-state index contributed by atoms with van der Waals surface area (Å²) in [6, 6.07) is 19.4. The Kier molecular flexibility index (Phi) is 7.45. The topological polar surface area (TPSA) is 90.0 Å². The highest BCUT2D eigenvalue weighted by Crippen LogP contribution is 2.32. The number of carboxylic acid groups (broad SMARTS) is 1. The zero-order chi connectivity index (χ0) is 25.7.